The SMILES string of the molecule is CC(C)CC(NC(=O)C(N)CCCCN)C(=O)NC(CCCN=C(N)N)C(=O)N1CCCC1C(=O)O. The maximum atomic E-state index is 13.3. The van der Waals surface area contributed by atoms with E-state index in [0.717, 1.165) is 6.42 Å². The van der Waals surface area contributed by atoms with Gasteiger partial charge in [-0.1, -0.05) is 20.3 Å². The summed E-state index contributed by atoms with van der Waals surface area (Å²) in [6.45, 7) is 4.86. The number of aliphatic carboxylic acids is 1. The van der Waals surface area contributed by atoms with Crippen LogP contribution < -0.4 is 33.6 Å². The number of likely N-dealkylation sites (tertiary alicyclic amines) is 1. The summed E-state index contributed by atoms with van der Waals surface area (Å²) in [4.78, 5) is 56.0. The van der Waals surface area contributed by atoms with Crippen LogP contribution in [0.3, 0.4) is 0 Å². The zero-order chi connectivity index (χ0) is 27.3. The van der Waals surface area contributed by atoms with Gasteiger partial charge in [-0.3, -0.25) is 19.4 Å². The predicted molar refractivity (Wildman–Crippen MR) is 136 cm³/mol. The maximum absolute atomic E-state index is 13.3. The van der Waals surface area contributed by atoms with E-state index in [9.17, 15) is 24.3 Å². The average Bonchev–Trinajstić information content (AvgIpc) is 3.30. The molecule has 0 aromatic rings. The highest BCUT2D eigenvalue weighted by Gasteiger charge is 2.38. The highest BCUT2D eigenvalue weighted by molar-refractivity contribution is 5.94. The van der Waals surface area contributed by atoms with Gasteiger partial charge in [0.25, 0.3) is 0 Å². The topological polar surface area (TPSA) is 232 Å². The van der Waals surface area contributed by atoms with E-state index in [1.165, 1.54) is 4.90 Å². The molecule has 0 saturated carbocycles. The highest BCUT2D eigenvalue weighted by atomic mass is 16.4. The first-order chi connectivity index (χ1) is 17.0. The summed E-state index contributed by atoms with van der Waals surface area (Å²) in [5, 5.41) is 14.9. The molecule has 0 aromatic heterocycles. The lowest BCUT2D eigenvalue weighted by Crippen LogP contribution is -2.57. The van der Waals surface area contributed by atoms with Crippen LogP contribution in [0.1, 0.15) is 65.2 Å². The van der Waals surface area contributed by atoms with Crippen LogP contribution in [-0.2, 0) is 19.2 Å². The lowest BCUT2D eigenvalue weighted by molar-refractivity contribution is -0.149. The molecule has 4 unspecified atom stereocenters. The molecule has 0 aliphatic carbocycles. The number of guanidine groups is 1. The highest BCUT2D eigenvalue weighted by Crippen LogP contribution is 2.20. The molecule has 0 radical (unpaired) electrons. The molecular weight excluding hydrogens is 468 g/mol. The summed E-state index contributed by atoms with van der Waals surface area (Å²) in [5.74, 6) is -2.56. The number of carbonyl (C=O) groups excluding carboxylic acids is 3. The molecule has 1 heterocycles. The Balaban J connectivity index is 2.99. The number of carbonyl (C=O) groups is 4. The van der Waals surface area contributed by atoms with Gasteiger partial charge < -0.3 is 43.6 Å². The van der Waals surface area contributed by atoms with E-state index in [0.29, 0.717) is 51.6 Å². The molecule has 13 nitrogen and oxygen atoms in total. The van der Waals surface area contributed by atoms with Crippen LogP contribution in [0, 0.1) is 5.92 Å². The first kappa shape index (κ1) is 31.1. The normalized spacial score (nSPS) is 17.8. The second kappa shape index (κ2) is 15.9. The van der Waals surface area contributed by atoms with Crippen molar-refractivity contribution in [2.75, 3.05) is 19.6 Å². The Kier molecular flexibility index (Phi) is 13.8. The number of hydrogen-bond donors (Lipinski definition) is 7. The van der Waals surface area contributed by atoms with Crippen molar-refractivity contribution in [1.82, 2.24) is 15.5 Å². The monoisotopic (exact) mass is 512 g/mol. The first-order valence-electron chi connectivity index (χ1n) is 12.6. The summed E-state index contributed by atoms with van der Waals surface area (Å²) in [6.07, 6.45) is 3.71. The molecule has 3 amide bonds. The van der Waals surface area contributed by atoms with E-state index in [1.54, 1.807) is 0 Å². The van der Waals surface area contributed by atoms with E-state index >= 15 is 0 Å². The van der Waals surface area contributed by atoms with Gasteiger partial charge in [-0.25, -0.2) is 4.79 Å². The van der Waals surface area contributed by atoms with Crippen LogP contribution in [0.4, 0.5) is 0 Å². The first-order valence-corrected chi connectivity index (χ1v) is 12.6. The summed E-state index contributed by atoms with van der Waals surface area (Å²) in [5.41, 5.74) is 22.2. The van der Waals surface area contributed by atoms with Crippen molar-refractivity contribution in [3.63, 3.8) is 0 Å². The van der Waals surface area contributed by atoms with Crippen molar-refractivity contribution in [2.45, 2.75) is 89.4 Å². The van der Waals surface area contributed by atoms with Crippen LogP contribution in [0.15, 0.2) is 4.99 Å². The number of hydrogen-bond acceptors (Lipinski definition) is 7. The van der Waals surface area contributed by atoms with Gasteiger partial charge in [0.1, 0.15) is 18.1 Å². The number of nitrogens with two attached hydrogens (primary N) is 4. The summed E-state index contributed by atoms with van der Waals surface area (Å²) in [6, 6.07) is -3.61. The van der Waals surface area contributed by atoms with E-state index in [4.69, 9.17) is 22.9 Å². The Morgan fingerprint density at radius 1 is 1.03 bits per heavy atom. The molecular formula is C23H44N8O5. The Morgan fingerprint density at radius 3 is 2.28 bits per heavy atom. The number of amides is 3. The zero-order valence-electron chi connectivity index (χ0n) is 21.4. The number of aliphatic imine (C=N–C) groups is 1. The number of nitrogens with zero attached hydrogens (tertiary/aromatic N) is 2. The molecule has 1 aliphatic heterocycles. The van der Waals surface area contributed by atoms with Gasteiger partial charge in [-0.05, 0) is 57.4 Å². The molecule has 4 atom stereocenters. The molecule has 36 heavy (non-hydrogen) atoms. The standard InChI is InChI=1S/C23H44N8O5/c1-14(2)13-17(30-19(32)15(25)7-3-4-10-24)20(33)29-16(8-5-11-28-23(26)27)21(34)31-12-6-9-18(31)22(35)36/h14-18H,3-13,24-25H2,1-2H3,(H,29,33)(H,30,32)(H,35,36)(H4,26,27,28). The minimum Gasteiger partial charge on any atom is -0.480 e. The predicted octanol–water partition coefficient (Wildman–Crippen LogP) is -1.41. The van der Waals surface area contributed by atoms with Crippen LogP contribution in [0.5, 0.6) is 0 Å². The molecule has 0 bridgehead atoms. The number of unbranched alkanes of at least 4 members (excludes halogenated alkanes) is 1. The van der Waals surface area contributed by atoms with Gasteiger partial charge in [-0.2, -0.15) is 0 Å². The number of carboxylic acids is 1. The van der Waals surface area contributed by atoms with Crippen molar-refractivity contribution in [2.24, 2.45) is 33.8 Å². The van der Waals surface area contributed by atoms with Crippen LogP contribution >= 0.6 is 0 Å². The van der Waals surface area contributed by atoms with Gasteiger partial charge >= 0.3 is 5.97 Å². The molecule has 1 saturated heterocycles. The van der Waals surface area contributed by atoms with Crippen molar-refractivity contribution < 1.29 is 24.3 Å². The molecule has 206 valence electrons. The largest absolute Gasteiger partial charge is 0.480 e. The van der Waals surface area contributed by atoms with Crippen molar-refractivity contribution in [3.05, 3.63) is 0 Å². The van der Waals surface area contributed by atoms with E-state index < -0.39 is 47.9 Å². The Labute approximate surface area is 212 Å². The fraction of sp³-hybridized carbons (Fsp3) is 0.783. The fourth-order valence-corrected chi connectivity index (χ4v) is 4.14. The molecule has 1 aliphatic rings. The van der Waals surface area contributed by atoms with Crippen molar-refractivity contribution in [3.8, 4) is 0 Å². The molecule has 0 aromatic carbocycles. The van der Waals surface area contributed by atoms with Gasteiger partial charge in [0.05, 0.1) is 6.04 Å². The minimum absolute atomic E-state index is 0.0699. The number of nitrogens with one attached hydrogen (secondary N) is 2. The van der Waals surface area contributed by atoms with Crippen molar-refractivity contribution in [1.29, 1.82) is 0 Å². The van der Waals surface area contributed by atoms with Gasteiger partial charge in [0.2, 0.25) is 17.7 Å². The third-order valence-electron chi connectivity index (χ3n) is 6.03. The second-order valence-corrected chi connectivity index (χ2v) is 9.62. The average molecular weight is 513 g/mol. The van der Waals surface area contributed by atoms with E-state index in [2.05, 4.69) is 15.6 Å². The van der Waals surface area contributed by atoms with Crippen LogP contribution in [0.25, 0.3) is 0 Å². The van der Waals surface area contributed by atoms with E-state index in [-0.39, 0.29) is 24.8 Å². The Morgan fingerprint density at radius 2 is 1.69 bits per heavy atom. The molecule has 0 spiro atoms. The summed E-state index contributed by atoms with van der Waals surface area (Å²) < 4.78 is 0. The second-order valence-electron chi connectivity index (χ2n) is 9.62. The molecule has 1 fully saturated rings. The van der Waals surface area contributed by atoms with Crippen LogP contribution in [-0.4, -0.2) is 83.5 Å². The minimum atomic E-state index is -1.08. The van der Waals surface area contributed by atoms with Gasteiger partial charge in [-0.15, -0.1) is 0 Å². The van der Waals surface area contributed by atoms with Gasteiger partial charge in [0.15, 0.2) is 5.96 Å². The lowest BCUT2D eigenvalue weighted by atomic mass is 10.0. The lowest BCUT2D eigenvalue weighted by Gasteiger charge is -2.29. The summed E-state index contributed by atoms with van der Waals surface area (Å²) in [7, 11) is 0. The Bertz CT molecular complexity index is 772. The molecule has 1 rings (SSSR count). The number of carboxylic acid groups (broad SMARTS) is 1. The Hall–Kier alpha value is -2.93. The fourth-order valence-electron chi connectivity index (χ4n) is 4.14. The smallest absolute Gasteiger partial charge is 0.326 e. The zero-order valence-corrected chi connectivity index (χ0v) is 21.4. The molecule has 13 heteroatoms. The maximum Gasteiger partial charge on any atom is 0.326 e. The van der Waals surface area contributed by atoms with Crippen molar-refractivity contribution >= 4 is 29.7 Å². The quantitative estimate of drug-likeness (QED) is 0.0729. The van der Waals surface area contributed by atoms with E-state index in [1.807, 2.05) is 13.8 Å². The third kappa shape index (κ3) is 10.8. The molecule has 11 N–H and O–H groups in total. The number of rotatable bonds is 16. The van der Waals surface area contributed by atoms with Gasteiger partial charge in [0, 0.05) is 13.1 Å². The summed E-state index contributed by atoms with van der Waals surface area (Å²) >= 11 is 0. The van der Waals surface area contributed by atoms with Crippen LogP contribution in [0.2, 0.25) is 0 Å². The third-order valence-corrected chi connectivity index (χ3v) is 6.03.